The highest BCUT2D eigenvalue weighted by molar-refractivity contribution is 5.85. The van der Waals surface area contributed by atoms with Gasteiger partial charge >= 0.3 is 0 Å². The van der Waals surface area contributed by atoms with Crippen LogP contribution in [0.1, 0.15) is 33.1 Å². The van der Waals surface area contributed by atoms with Crippen LogP contribution in [-0.4, -0.2) is 29.5 Å². The van der Waals surface area contributed by atoms with Crippen LogP contribution in [0.5, 0.6) is 0 Å². The van der Waals surface area contributed by atoms with Crippen LogP contribution in [0.2, 0.25) is 0 Å². The van der Waals surface area contributed by atoms with Crippen LogP contribution in [0.25, 0.3) is 0 Å². The van der Waals surface area contributed by atoms with Gasteiger partial charge in [0.25, 0.3) is 0 Å². The van der Waals surface area contributed by atoms with Gasteiger partial charge in [0.15, 0.2) is 0 Å². The van der Waals surface area contributed by atoms with E-state index in [-0.39, 0.29) is 18.3 Å². The Morgan fingerprint density at radius 1 is 1.40 bits per heavy atom. The first-order chi connectivity index (χ1) is 9.06. The molecule has 4 N–H and O–H groups in total. The Kier molecular flexibility index (Phi) is 8.92. The van der Waals surface area contributed by atoms with Crippen LogP contribution in [0.3, 0.4) is 0 Å². The fraction of sp³-hybridized carbons (Fsp3) is 0.571. The topological polar surface area (TPSA) is 80.0 Å². The maximum atomic E-state index is 11.8. The van der Waals surface area contributed by atoms with Crippen LogP contribution in [0.4, 0.5) is 5.82 Å². The minimum absolute atomic E-state index is 0. The van der Waals surface area contributed by atoms with E-state index in [1.54, 1.807) is 13.1 Å². The molecule has 0 aromatic carbocycles. The van der Waals surface area contributed by atoms with Crippen molar-refractivity contribution in [2.75, 3.05) is 18.4 Å². The zero-order chi connectivity index (χ0) is 14.1. The van der Waals surface area contributed by atoms with E-state index < -0.39 is 5.54 Å². The average molecular weight is 301 g/mol. The average Bonchev–Trinajstić information content (AvgIpc) is 2.39. The fourth-order valence-electron chi connectivity index (χ4n) is 1.81. The number of rotatable bonds is 8. The Hall–Kier alpha value is -1.33. The highest BCUT2D eigenvalue weighted by Gasteiger charge is 2.26. The molecule has 0 fully saturated rings. The highest BCUT2D eigenvalue weighted by Crippen LogP contribution is 2.08. The van der Waals surface area contributed by atoms with Crippen molar-refractivity contribution in [3.63, 3.8) is 0 Å². The Labute approximate surface area is 127 Å². The van der Waals surface area contributed by atoms with E-state index in [9.17, 15) is 4.79 Å². The number of nitrogens with two attached hydrogens (primary N) is 1. The van der Waals surface area contributed by atoms with Gasteiger partial charge in [0.05, 0.1) is 5.54 Å². The molecule has 1 heterocycles. The zero-order valence-corrected chi connectivity index (χ0v) is 13.0. The van der Waals surface area contributed by atoms with Crippen molar-refractivity contribution in [2.45, 2.75) is 38.6 Å². The van der Waals surface area contributed by atoms with Crippen molar-refractivity contribution in [3.8, 4) is 0 Å². The summed E-state index contributed by atoms with van der Waals surface area (Å²) in [6, 6.07) is 5.72. The maximum absolute atomic E-state index is 11.8. The molecule has 114 valence electrons. The number of halogens is 1. The summed E-state index contributed by atoms with van der Waals surface area (Å²) >= 11 is 0. The first-order valence-corrected chi connectivity index (χ1v) is 6.78. The monoisotopic (exact) mass is 300 g/mol. The lowest BCUT2D eigenvalue weighted by molar-refractivity contribution is -0.126. The third kappa shape index (κ3) is 6.73. The number of nitrogens with zero attached hydrogens (tertiary/aromatic N) is 1. The van der Waals surface area contributed by atoms with E-state index >= 15 is 0 Å². The lowest BCUT2D eigenvalue weighted by Gasteiger charge is -2.22. The third-order valence-corrected chi connectivity index (χ3v) is 2.90. The van der Waals surface area contributed by atoms with Gasteiger partial charge in [-0.05, 0) is 31.9 Å². The summed E-state index contributed by atoms with van der Waals surface area (Å²) in [7, 11) is 0. The largest absolute Gasteiger partial charge is 0.370 e. The lowest BCUT2D eigenvalue weighted by Crippen LogP contribution is -2.51. The van der Waals surface area contributed by atoms with Crippen molar-refractivity contribution in [2.24, 2.45) is 5.73 Å². The molecule has 0 saturated heterocycles. The quantitative estimate of drug-likeness (QED) is 0.641. The molecule has 0 saturated carbocycles. The first kappa shape index (κ1) is 18.7. The van der Waals surface area contributed by atoms with Gasteiger partial charge in [0.1, 0.15) is 5.82 Å². The minimum atomic E-state index is -0.761. The van der Waals surface area contributed by atoms with E-state index in [1.807, 2.05) is 25.1 Å². The Bertz CT molecular complexity index is 384. The second-order valence-electron chi connectivity index (χ2n) is 4.92. The number of pyridine rings is 1. The molecule has 0 aliphatic heterocycles. The summed E-state index contributed by atoms with van der Waals surface area (Å²) < 4.78 is 0. The van der Waals surface area contributed by atoms with Gasteiger partial charge in [-0.1, -0.05) is 19.4 Å². The molecule has 0 spiro atoms. The van der Waals surface area contributed by atoms with Crippen molar-refractivity contribution in [1.29, 1.82) is 0 Å². The highest BCUT2D eigenvalue weighted by atomic mass is 35.5. The summed E-state index contributed by atoms with van der Waals surface area (Å²) in [6.07, 6.45) is 4.19. The number of anilines is 1. The molecule has 0 aliphatic carbocycles. The lowest BCUT2D eigenvalue weighted by atomic mass is 9.96. The molecular formula is C14H25ClN4O. The van der Waals surface area contributed by atoms with Gasteiger partial charge in [-0.3, -0.25) is 4.79 Å². The standard InChI is InChI=1S/C14H24N4O.ClH/c1-3-8-14(2,15)13(19)18-11-6-10-17-12-7-4-5-9-16-12;/h4-5,7,9H,3,6,8,10-11,15H2,1-2H3,(H,16,17)(H,18,19);1H. The molecule has 1 amide bonds. The van der Waals surface area contributed by atoms with Gasteiger partial charge in [0, 0.05) is 19.3 Å². The molecule has 20 heavy (non-hydrogen) atoms. The predicted molar refractivity (Wildman–Crippen MR) is 85.1 cm³/mol. The first-order valence-electron chi connectivity index (χ1n) is 6.78. The summed E-state index contributed by atoms with van der Waals surface area (Å²) in [6.45, 7) is 5.19. The number of carbonyl (C=O) groups is 1. The van der Waals surface area contributed by atoms with Gasteiger partial charge < -0.3 is 16.4 Å². The Balaban J connectivity index is 0.00000361. The van der Waals surface area contributed by atoms with Crippen molar-refractivity contribution >= 4 is 24.1 Å². The number of amides is 1. The molecule has 1 atom stereocenters. The number of nitrogens with one attached hydrogen (secondary N) is 2. The number of hydrogen-bond donors (Lipinski definition) is 3. The van der Waals surface area contributed by atoms with Crippen molar-refractivity contribution < 1.29 is 4.79 Å². The van der Waals surface area contributed by atoms with E-state index in [0.717, 1.165) is 25.2 Å². The van der Waals surface area contributed by atoms with Gasteiger partial charge in [-0.15, -0.1) is 12.4 Å². The van der Waals surface area contributed by atoms with Gasteiger partial charge in [-0.25, -0.2) is 4.98 Å². The third-order valence-electron chi connectivity index (χ3n) is 2.90. The van der Waals surface area contributed by atoms with Crippen LogP contribution < -0.4 is 16.4 Å². The molecule has 0 bridgehead atoms. The molecule has 5 nitrogen and oxygen atoms in total. The normalized spacial score (nSPS) is 12.9. The van der Waals surface area contributed by atoms with E-state index in [2.05, 4.69) is 15.6 Å². The second kappa shape index (κ2) is 9.55. The van der Waals surface area contributed by atoms with Crippen LogP contribution in [0, 0.1) is 0 Å². The Morgan fingerprint density at radius 3 is 2.75 bits per heavy atom. The van der Waals surface area contributed by atoms with Gasteiger partial charge in [0.2, 0.25) is 5.91 Å². The zero-order valence-electron chi connectivity index (χ0n) is 12.2. The predicted octanol–water partition coefficient (Wildman–Crippen LogP) is 1.94. The van der Waals surface area contributed by atoms with E-state index in [1.165, 1.54) is 0 Å². The van der Waals surface area contributed by atoms with Crippen LogP contribution in [0.15, 0.2) is 24.4 Å². The number of hydrogen-bond acceptors (Lipinski definition) is 4. The molecule has 1 unspecified atom stereocenters. The summed E-state index contributed by atoms with van der Waals surface area (Å²) in [5.74, 6) is 0.774. The maximum Gasteiger partial charge on any atom is 0.239 e. The molecule has 1 aromatic heterocycles. The molecule has 1 rings (SSSR count). The molecular weight excluding hydrogens is 276 g/mol. The summed E-state index contributed by atoms with van der Waals surface area (Å²) in [4.78, 5) is 16.0. The minimum Gasteiger partial charge on any atom is -0.370 e. The van der Waals surface area contributed by atoms with E-state index in [4.69, 9.17) is 5.73 Å². The smallest absolute Gasteiger partial charge is 0.239 e. The molecule has 0 radical (unpaired) electrons. The molecule has 0 aliphatic rings. The van der Waals surface area contributed by atoms with Crippen molar-refractivity contribution in [1.82, 2.24) is 10.3 Å². The fourth-order valence-corrected chi connectivity index (χ4v) is 1.81. The number of carbonyl (C=O) groups excluding carboxylic acids is 1. The second-order valence-corrected chi connectivity index (χ2v) is 4.92. The number of aromatic nitrogens is 1. The van der Waals surface area contributed by atoms with Gasteiger partial charge in [-0.2, -0.15) is 0 Å². The molecule has 1 aromatic rings. The van der Waals surface area contributed by atoms with Crippen LogP contribution >= 0.6 is 12.4 Å². The molecule has 6 heteroatoms. The van der Waals surface area contributed by atoms with Crippen LogP contribution in [-0.2, 0) is 4.79 Å². The van der Waals surface area contributed by atoms with E-state index in [0.29, 0.717) is 13.0 Å². The summed E-state index contributed by atoms with van der Waals surface area (Å²) in [5, 5.41) is 6.06. The van der Waals surface area contributed by atoms with Crippen molar-refractivity contribution in [3.05, 3.63) is 24.4 Å². The SMILES string of the molecule is CCCC(C)(N)C(=O)NCCCNc1ccccn1.Cl. The summed E-state index contributed by atoms with van der Waals surface area (Å²) in [5.41, 5.74) is 5.18. The Morgan fingerprint density at radius 2 is 2.15 bits per heavy atom.